The van der Waals surface area contributed by atoms with Gasteiger partial charge in [-0.25, -0.2) is 0 Å². The fourth-order valence-corrected chi connectivity index (χ4v) is 2.55. The number of benzene rings is 1. The number of hydrogen-bond donors (Lipinski definition) is 1. The quantitative estimate of drug-likeness (QED) is 0.669. The first kappa shape index (κ1) is 13.4. The predicted molar refractivity (Wildman–Crippen MR) is 78.3 cm³/mol. The van der Waals surface area contributed by atoms with Gasteiger partial charge in [0.2, 0.25) is 0 Å². The number of thioether (sulfide) groups is 1. The molecule has 0 atom stereocenters. The van der Waals surface area contributed by atoms with Crippen molar-refractivity contribution < 1.29 is 4.52 Å². The van der Waals surface area contributed by atoms with Crippen molar-refractivity contribution in [3.8, 4) is 11.5 Å². The highest BCUT2D eigenvalue weighted by atomic mass is 79.9. The zero-order valence-electron chi connectivity index (χ0n) is 10.0. The molecular weight excluding hydrogens is 314 g/mol. The molecule has 0 unspecified atom stereocenters. The molecule has 1 heterocycles. The van der Waals surface area contributed by atoms with Crippen molar-refractivity contribution in [2.45, 2.75) is 19.1 Å². The highest BCUT2D eigenvalue weighted by molar-refractivity contribution is 9.10. The number of hydrogen-bond acceptors (Lipinski definition) is 5. The summed E-state index contributed by atoms with van der Waals surface area (Å²) in [5.74, 6) is 3.05. The minimum atomic E-state index is 0.473. The zero-order chi connectivity index (χ0) is 13.0. The molecule has 0 spiro atoms. The van der Waals surface area contributed by atoms with Gasteiger partial charge in [0.15, 0.2) is 5.82 Å². The molecule has 0 bridgehead atoms. The van der Waals surface area contributed by atoms with E-state index in [-0.39, 0.29) is 0 Å². The molecule has 0 aliphatic heterocycles. The number of nitrogens with zero attached hydrogens (tertiary/aromatic N) is 2. The first-order chi connectivity index (χ1) is 8.72. The summed E-state index contributed by atoms with van der Waals surface area (Å²) in [6.07, 6.45) is 1.15. The summed E-state index contributed by atoms with van der Waals surface area (Å²) < 4.78 is 6.08. The lowest BCUT2D eigenvalue weighted by atomic mass is 10.2. The first-order valence-corrected chi connectivity index (χ1v) is 7.61. The van der Waals surface area contributed by atoms with E-state index >= 15 is 0 Å². The van der Waals surface area contributed by atoms with E-state index in [0.29, 0.717) is 17.4 Å². The molecule has 0 aliphatic carbocycles. The molecule has 4 nitrogen and oxygen atoms in total. The normalized spacial score (nSPS) is 10.8. The zero-order valence-corrected chi connectivity index (χ0v) is 12.4. The van der Waals surface area contributed by atoms with Crippen LogP contribution in [0.5, 0.6) is 0 Å². The summed E-state index contributed by atoms with van der Waals surface area (Å²) in [6.45, 7) is 2.15. The number of anilines is 1. The summed E-state index contributed by atoms with van der Waals surface area (Å²) in [4.78, 5) is 4.35. The Bertz CT molecular complexity index is 530. The Balaban J connectivity index is 2.16. The minimum Gasteiger partial charge on any atom is -0.397 e. The van der Waals surface area contributed by atoms with Crippen LogP contribution in [0.3, 0.4) is 0 Å². The van der Waals surface area contributed by atoms with Gasteiger partial charge in [-0.15, -0.1) is 0 Å². The van der Waals surface area contributed by atoms with Gasteiger partial charge in [-0.2, -0.15) is 16.7 Å². The molecule has 0 saturated heterocycles. The second kappa shape index (κ2) is 6.24. The average molecular weight is 328 g/mol. The van der Waals surface area contributed by atoms with Crippen molar-refractivity contribution in [2.75, 3.05) is 11.5 Å². The lowest BCUT2D eigenvalue weighted by Crippen LogP contribution is -1.91. The first-order valence-electron chi connectivity index (χ1n) is 5.67. The molecule has 0 amide bonds. The number of nitrogen functional groups attached to an aromatic ring is 1. The van der Waals surface area contributed by atoms with Crippen LogP contribution in [0.15, 0.2) is 27.2 Å². The van der Waals surface area contributed by atoms with E-state index in [2.05, 4.69) is 33.0 Å². The van der Waals surface area contributed by atoms with Crippen LogP contribution in [-0.4, -0.2) is 15.9 Å². The maximum absolute atomic E-state index is 5.97. The Morgan fingerprint density at radius 2 is 2.28 bits per heavy atom. The molecule has 2 aromatic rings. The molecular formula is C12H14BrN3OS. The molecule has 2 rings (SSSR count). The fraction of sp³-hybridized carbons (Fsp3) is 0.333. The van der Waals surface area contributed by atoms with Gasteiger partial charge in [-0.05, 0) is 40.2 Å². The molecule has 0 radical (unpaired) electrons. The molecule has 96 valence electrons. The van der Waals surface area contributed by atoms with Gasteiger partial charge >= 0.3 is 0 Å². The Kier molecular flexibility index (Phi) is 4.66. The number of rotatable bonds is 5. The molecule has 0 aliphatic rings. The summed E-state index contributed by atoms with van der Waals surface area (Å²) in [7, 11) is 0. The van der Waals surface area contributed by atoms with Crippen LogP contribution >= 0.6 is 27.7 Å². The average Bonchev–Trinajstić information content (AvgIpc) is 2.82. The van der Waals surface area contributed by atoms with E-state index in [1.54, 1.807) is 11.8 Å². The lowest BCUT2D eigenvalue weighted by molar-refractivity contribution is 0.425. The third-order valence-corrected chi connectivity index (χ3v) is 4.18. The van der Waals surface area contributed by atoms with Gasteiger partial charge in [0.25, 0.3) is 5.89 Å². The van der Waals surface area contributed by atoms with Crippen molar-refractivity contribution in [3.05, 3.63) is 28.5 Å². The van der Waals surface area contributed by atoms with E-state index in [1.165, 1.54) is 0 Å². The molecule has 6 heteroatoms. The lowest BCUT2D eigenvalue weighted by Gasteiger charge is -2.01. The Morgan fingerprint density at radius 1 is 1.44 bits per heavy atom. The topological polar surface area (TPSA) is 64.9 Å². The van der Waals surface area contributed by atoms with Crippen LogP contribution in [0.2, 0.25) is 0 Å². The van der Waals surface area contributed by atoms with Crippen molar-refractivity contribution >= 4 is 33.4 Å². The van der Waals surface area contributed by atoms with Gasteiger partial charge in [0, 0.05) is 4.47 Å². The van der Waals surface area contributed by atoms with Crippen LogP contribution in [-0.2, 0) is 5.75 Å². The molecule has 0 saturated carbocycles. The van der Waals surface area contributed by atoms with Gasteiger partial charge in [0.05, 0.1) is 17.0 Å². The van der Waals surface area contributed by atoms with Crippen LogP contribution in [0.4, 0.5) is 5.69 Å². The van der Waals surface area contributed by atoms with E-state index in [1.807, 2.05) is 18.2 Å². The SMILES string of the molecule is CCCSCc1noc(-c2cccc(Br)c2N)n1. The van der Waals surface area contributed by atoms with Crippen LogP contribution in [0.1, 0.15) is 19.2 Å². The number of para-hydroxylation sites is 1. The fourth-order valence-electron chi connectivity index (χ4n) is 1.45. The van der Waals surface area contributed by atoms with E-state index in [4.69, 9.17) is 10.3 Å². The maximum atomic E-state index is 5.97. The molecule has 18 heavy (non-hydrogen) atoms. The summed E-state index contributed by atoms with van der Waals surface area (Å²) >= 11 is 5.18. The molecule has 2 N–H and O–H groups in total. The highest BCUT2D eigenvalue weighted by Gasteiger charge is 2.12. The molecule has 1 aromatic carbocycles. The number of halogens is 1. The molecule has 0 fully saturated rings. The largest absolute Gasteiger partial charge is 0.397 e. The third-order valence-electron chi connectivity index (χ3n) is 2.33. The van der Waals surface area contributed by atoms with Crippen LogP contribution in [0.25, 0.3) is 11.5 Å². The van der Waals surface area contributed by atoms with Gasteiger partial charge in [-0.1, -0.05) is 18.1 Å². The number of aromatic nitrogens is 2. The second-order valence-electron chi connectivity index (χ2n) is 3.77. The Labute approximate surface area is 118 Å². The Morgan fingerprint density at radius 3 is 3.06 bits per heavy atom. The van der Waals surface area contributed by atoms with Gasteiger partial charge in [-0.3, -0.25) is 0 Å². The standard InChI is InChI=1S/C12H14BrN3OS/c1-2-6-18-7-10-15-12(17-16-10)8-4-3-5-9(13)11(8)14/h3-5H,2,6-7,14H2,1H3. The van der Waals surface area contributed by atoms with E-state index in [0.717, 1.165) is 28.0 Å². The van der Waals surface area contributed by atoms with Crippen molar-refractivity contribution in [2.24, 2.45) is 0 Å². The van der Waals surface area contributed by atoms with Crippen LogP contribution in [0, 0.1) is 0 Å². The van der Waals surface area contributed by atoms with Crippen molar-refractivity contribution in [1.29, 1.82) is 0 Å². The molecule has 1 aromatic heterocycles. The Hall–Kier alpha value is -1.01. The van der Waals surface area contributed by atoms with Gasteiger partial charge in [0.1, 0.15) is 0 Å². The third kappa shape index (κ3) is 3.05. The van der Waals surface area contributed by atoms with Gasteiger partial charge < -0.3 is 10.3 Å². The van der Waals surface area contributed by atoms with E-state index < -0.39 is 0 Å². The predicted octanol–water partition coefficient (Wildman–Crippen LogP) is 3.72. The highest BCUT2D eigenvalue weighted by Crippen LogP contribution is 2.30. The van der Waals surface area contributed by atoms with Crippen molar-refractivity contribution in [1.82, 2.24) is 10.1 Å². The van der Waals surface area contributed by atoms with E-state index in [9.17, 15) is 0 Å². The maximum Gasteiger partial charge on any atom is 0.260 e. The summed E-state index contributed by atoms with van der Waals surface area (Å²) in [6, 6.07) is 5.65. The number of nitrogens with two attached hydrogens (primary N) is 1. The summed E-state index contributed by atoms with van der Waals surface area (Å²) in [5.41, 5.74) is 7.35. The van der Waals surface area contributed by atoms with Crippen molar-refractivity contribution in [3.63, 3.8) is 0 Å². The smallest absolute Gasteiger partial charge is 0.260 e. The summed E-state index contributed by atoms with van der Waals surface area (Å²) in [5, 5.41) is 3.96. The second-order valence-corrected chi connectivity index (χ2v) is 5.73. The monoisotopic (exact) mass is 327 g/mol. The minimum absolute atomic E-state index is 0.473. The van der Waals surface area contributed by atoms with Crippen LogP contribution < -0.4 is 5.73 Å².